The lowest BCUT2D eigenvalue weighted by atomic mass is 10.1. The summed E-state index contributed by atoms with van der Waals surface area (Å²) < 4.78 is 35.1. The van der Waals surface area contributed by atoms with Crippen LogP contribution in [-0.2, 0) is 0 Å². The Kier molecular flexibility index (Phi) is 9.45. The summed E-state index contributed by atoms with van der Waals surface area (Å²) in [6.45, 7) is 6.78. The topological polar surface area (TPSA) is 26.0 Å². The lowest BCUT2D eigenvalue weighted by Crippen LogP contribution is -2.06. The number of hydrogen-bond acceptors (Lipinski definition) is 1. The Bertz CT molecular complexity index is 192. The van der Waals surface area contributed by atoms with E-state index in [0.717, 1.165) is 0 Å². The maximum Gasteiger partial charge on any atom is 0.389 e. The van der Waals surface area contributed by atoms with Gasteiger partial charge in [0.1, 0.15) is 0 Å². The second kappa shape index (κ2) is 8.56. The Morgan fingerprint density at radius 1 is 1.29 bits per heavy atom. The molecule has 0 aliphatic rings. The number of halogens is 3. The summed E-state index contributed by atoms with van der Waals surface area (Å²) in [6.07, 6.45) is -0.541. The maximum absolute atomic E-state index is 11.7. The van der Waals surface area contributed by atoms with E-state index in [0.29, 0.717) is 5.57 Å². The average molecular weight is 207 g/mol. The summed E-state index contributed by atoms with van der Waals surface area (Å²) in [6, 6.07) is 0. The second-order valence-corrected chi connectivity index (χ2v) is 2.30. The maximum atomic E-state index is 11.7. The molecular weight excluding hydrogens is 191 g/mol. The fourth-order valence-corrected chi connectivity index (χ4v) is 0.691. The van der Waals surface area contributed by atoms with E-state index < -0.39 is 12.6 Å². The molecule has 0 saturated heterocycles. The summed E-state index contributed by atoms with van der Waals surface area (Å²) in [4.78, 5) is 0. The average Bonchev–Trinajstić information content (AvgIpc) is 2.14. The van der Waals surface area contributed by atoms with Crippen molar-refractivity contribution >= 4 is 0 Å². The van der Waals surface area contributed by atoms with Crippen LogP contribution in [0.4, 0.5) is 13.2 Å². The lowest BCUT2D eigenvalue weighted by Gasteiger charge is -2.05. The van der Waals surface area contributed by atoms with Crippen LogP contribution in [0, 0.1) is 0 Å². The minimum Gasteiger partial charge on any atom is -0.333 e. The van der Waals surface area contributed by atoms with Gasteiger partial charge in [0.2, 0.25) is 0 Å². The Balaban J connectivity index is 0. The Morgan fingerprint density at radius 2 is 1.79 bits per heavy atom. The number of allylic oxidation sites excluding steroid dienone is 4. The summed E-state index contributed by atoms with van der Waals surface area (Å²) in [5.74, 6) is 0. The SMILES string of the molecule is C=C/C=C(\C=C)CCC(F)(F)F.CN. The zero-order valence-corrected chi connectivity index (χ0v) is 8.27. The van der Waals surface area contributed by atoms with E-state index in [1.54, 1.807) is 0 Å². The first-order valence-corrected chi connectivity index (χ1v) is 4.08. The molecular formula is C10H16F3N. The van der Waals surface area contributed by atoms with Gasteiger partial charge in [0, 0.05) is 6.42 Å². The second-order valence-electron chi connectivity index (χ2n) is 2.30. The van der Waals surface area contributed by atoms with Crippen molar-refractivity contribution in [3.8, 4) is 0 Å². The highest BCUT2D eigenvalue weighted by Crippen LogP contribution is 2.24. The molecule has 0 heterocycles. The molecule has 82 valence electrons. The van der Waals surface area contributed by atoms with Crippen molar-refractivity contribution in [3.05, 3.63) is 37.0 Å². The third-order valence-electron chi connectivity index (χ3n) is 1.29. The van der Waals surface area contributed by atoms with Crippen molar-refractivity contribution in [2.75, 3.05) is 7.05 Å². The zero-order valence-electron chi connectivity index (χ0n) is 8.27. The van der Waals surface area contributed by atoms with Crippen LogP contribution in [0.2, 0.25) is 0 Å². The molecule has 0 fully saturated rings. The van der Waals surface area contributed by atoms with Crippen LogP contribution in [0.1, 0.15) is 12.8 Å². The van der Waals surface area contributed by atoms with Gasteiger partial charge in [0.15, 0.2) is 0 Å². The van der Waals surface area contributed by atoms with E-state index in [9.17, 15) is 13.2 Å². The smallest absolute Gasteiger partial charge is 0.333 e. The van der Waals surface area contributed by atoms with Gasteiger partial charge in [-0.05, 0) is 19.0 Å². The first-order chi connectivity index (χ1) is 6.49. The van der Waals surface area contributed by atoms with Crippen LogP contribution in [0.25, 0.3) is 0 Å². The number of nitrogens with two attached hydrogens (primary N) is 1. The van der Waals surface area contributed by atoms with Gasteiger partial charge in [-0.25, -0.2) is 0 Å². The largest absolute Gasteiger partial charge is 0.389 e. The van der Waals surface area contributed by atoms with E-state index >= 15 is 0 Å². The molecule has 0 unspecified atom stereocenters. The van der Waals surface area contributed by atoms with Crippen molar-refractivity contribution in [3.63, 3.8) is 0 Å². The lowest BCUT2D eigenvalue weighted by molar-refractivity contribution is -0.133. The number of alkyl halides is 3. The van der Waals surface area contributed by atoms with E-state index in [4.69, 9.17) is 0 Å². The molecule has 0 rings (SSSR count). The zero-order chi connectivity index (χ0) is 11.6. The molecule has 14 heavy (non-hydrogen) atoms. The van der Waals surface area contributed by atoms with Crippen molar-refractivity contribution in [2.24, 2.45) is 5.73 Å². The van der Waals surface area contributed by atoms with Gasteiger partial charge in [-0.2, -0.15) is 13.2 Å². The van der Waals surface area contributed by atoms with Crippen LogP contribution in [0.5, 0.6) is 0 Å². The van der Waals surface area contributed by atoms with Crippen molar-refractivity contribution in [1.82, 2.24) is 0 Å². The first kappa shape index (κ1) is 15.4. The highest BCUT2D eigenvalue weighted by atomic mass is 19.4. The fraction of sp³-hybridized carbons (Fsp3) is 0.400. The van der Waals surface area contributed by atoms with E-state index in [1.165, 1.54) is 25.3 Å². The Hall–Kier alpha value is -1.03. The Labute approximate surface area is 82.8 Å². The molecule has 0 aromatic carbocycles. The normalized spacial score (nSPS) is 11.4. The van der Waals surface area contributed by atoms with Crippen molar-refractivity contribution < 1.29 is 13.2 Å². The van der Waals surface area contributed by atoms with Gasteiger partial charge in [-0.3, -0.25) is 0 Å². The first-order valence-electron chi connectivity index (χ1n) is 4.08. The fourth-order valence-electron chi connectivity index (χ4n) is 0.691. The summed E-state index contributed by atoms with van der Waals surface area (Å²) in [5.41, 5.74) is 5.06. The molecule has 2 N–H and O–H groups in total. The third kappa shape index (κ3) is 11.0. The van der Waals surface area contributed by atoms with E-state index in [1.807, 2.05) is 0 Å². The number of hydrogen-bond donors (Lipinski definition) is 1. The van der Waals surface area contributed by atoms with Crippen LogP contribution in [0.3, 0.4) is 0 Å². The molecule has 0 aromatic rings. The standard InChI is InChI=1S/C9H11F3.CH5N/c1-3-5-8(4-2)6-7-9(10,11)12;1-2/h3-5H,1-2,6-7H2;2H2,1H3/b8-5+;. The highest BCUT2D eigenvalue weighted by molar-refractivity contribution is 5.20. The molecule has 1 nitrogen and oxygen atoms in total. The van der Waals surface area contributed by atoms with Gasteiger partial charge >= 0.3 is 6.18 Å². The minimum atomic E-state index is -4.09. The molecule has 0 aliphatic heterocycles. The quantitative estimate of drug-likeness (QED) is 0.704. The van der Waals surface area contributed by atoms with Crippen LogP contribution in [0.15, 0.2) is 37.0 Å². The van der Waals surface area contributed by atoms with Gasteiger partial charge in [-0.15, -0.1) is 0 Å². The molecule has 4 heteroatoms. The van der Waals surface area contributed by atoms with Gasteiger partial charge in [0.05, 0.1) is 0 Å². The predicted octanol–water partition coefficient (Wildman–Crippen LogP) is 3.20. The molecule has 0 atom stereocenters. The summed E-state index contributed by atoms with van der Waals surface area (Å²) in [5, 5.41) is 0. The Morgan fingerprint density at radius 3 is 2.07 bits per heavy atom. The monoisotopic (exact) mass is 207 g/mol. The molecule has 0 amide bonds. The highest BCUT2D eigenvalue weighted by Gasteiger charge is 2.26. The molecule has 0 radical (unpaired) electrons. The van der Waals surface area contributed by atoms with Crippen molar-refractivity contribution in [2.45, 2.75) is 19.0 Å². The van der Waals surface area contributed by atoms with Gasteiger partial charge in [0.25, 0.3) is 0 Å². The van der Waals surface area contributed by atoms with E-state index in [-0.39, 0.29) is 6.42 Å². The van der Waals surface area contributed by atoms with Crippen LogP contribution < -0.4 is 5.73 Å². The van der Waals surface area contributed by atoms with Gasteiger partial charge in [-0.1, -0.05) is 31.4 Å². The third-order valence-corrected chi connectivity index (χ3v) is 1.29. The van der Waals surface area contributed by atoms with Crippen LogP contribution in [-0.4, -0.2) is 13.2 Å². The minimum absolute atomic E-state index is 0.0288. The van der Waals surface area contributed by atoms with Crippen molar-refractivity contribution in [1.29, 1.82) is 0 Å². The molecule has 0 aliphatic carbocycles. The van der Waals surface area contributed by atoms with Gasteiger partial charge < -0.3 is 5.73 Å². The predicted molar refractivity (Wildman–Crippen MR) is 53.9 cm³/mol. The van der Waals surface area contributed by atoms with E-state index in [2.05, 4.69) is 18.9 Å². The molecule has 0 spiro atoms. The number of rotatable bonds is 4. The molecule has 0 saturated carbocycles. The summed E-state index contributed by atoms with van der Waals surface area (Å²) in [7, 11) is 1.50. The molecule has 0 bridgehead atoms. The summed E-state index contributed by atoms with van der Waals surface area (Å²) >= 11 is 0. The van der Waals surface area contributed by atoms with Crippen LogP contribution >= 0.6 is 0 Å². The molecule has 0 aromatic heterocycles.